The molecule has 0 fully saturated rings. The fourth-order valence-electron chi connectivity index (χ4n) is 1.91. The molecule has 0 heterocycles. The third-order valence-electron chi connectivity index (χ3n) is 3.11. The molecule has 0 saturated heterocycles. The zero-order valence-corrected chi connectivity index (χ0v) is 12.3. The number of aryl methyl sites for hydroxylation is 2. The molecule has 1 aromatic rings. The van der Waals surface area contributed by atoms with Gasteiger partial charge in [0.1, 0.15) is 5.75 Å². The van der Waals surface area contributed by atoms with Crippen LogP contribution in [0.5, 0.6) is 5.75 Å². The fourth-order valence-corrected chi connectivity index (χ4v) is 1.91. The summed E-state index contributed by atoms with van der Waals surface area (Å²) in [6.45, 7) is 7.39. The van der Waals surface area contributed by atoms with Gasteiger partial charge in [-0.25, -0.2) is 0 Å². The second-order valence-corrected chi connectivity index (χ2v) is 5.01. The van der Waals surface area contributed by atoms with E-state index in [2.05, 4.69) is 5.32 Å². The molecule has 110 valence electrons. The first kappa shape index (κ1) is 16.0. The Balaban J connectivity index is 2.57. The summed E-state index contributed by atoms with van der Waals surface area (Å²) in [5.74, 6) is -0.547. The van der Waals surface area contributed by atoms with E-state index in [-0.39, 0.29) is 18.9 Å². The standard InChI is InChI=1S/C15H21NO4/c1-9-5-6-10(2)15(12(9)4)20-8-13(17)16-11(3)7-14(18)19/h5-6,11H,7-8H2,1-4H3,(H,16,17)(H,18,19). The van der Waals surface area contributed by atoms with E-state index in [4.69, 9.17) is 9.84 Å². The number of hydrogen-bond acceptors (Lipinski definition) is 3. The van der Waals surface area contributed by atoms with Gasteiger partial charge in [-0.2, -0.15) is 0 Å². The number of aliphatic carboxylic acids is 1. The van der Waals surface area contributed by atoms with Crippen LogP contribution in [0, 0.1) is 20.8 Å². The lowest BCUT2D eigenvalue weighted by atomic mass is 10.1. The van der Waals surface area contributed by atoms with Gasteiger partial charge in [-0.1, -0.05) is 12.1 Å². The van der Waals surface area contributed by atoms with Crippen molar-refractivity contribution in [3.8, 4) is 5.75 Å². The highest BCUT2D eigenvalue weighted by Gasteiger charge is 2.13. The van der Waals surface area contributed by atoms with E-state index in [1.807, 2.05) is 32.9 Å². The Morgan fingerprint density at radius 3 is 2.45 bits per heavy atom. The topological polar surface area (TPSA) is 75.6 Å². The maximum atomic E-state index is 11.7. The lowest BCUT2D eigenvalue weighted by Crippen LogP contribution is -2.37. The first-order valence-corrected chi connectivity index (χ1v) is 6.52. The highest BCUT2D eigenvalue weighted by Crippen LogP contribution is 2.25. The van der Waals surface area contributed by atoms with Crippen molar-refractivity contribution in [3.63, 3.8) is 0 Å². The van der Waals surface area contributed by atoms with Crippen molar-refractivity contribution < 1.29 is 19.4 Å². The monoisotopic (exact) mass is 279 g/mol. The molecular weight excluding hydrogens is 258 g/mol. The molecule has 0 spiro atoms. The lowest BCUT2D eigenvalue weighted by Gasteiger charge is -2.15. The van der Waals surface area contributed by atoms with Crippen LogP contribution in [0.4, 0.5) is 0 Å². The van der Waals surface area contributed by atoms with E-state index in [0.29, 0.717) is 5.75 Å². The fraction of sp³-hybridized carbons (Fsp3) is 0.467. The molecule has 1 amide bonds. The van der Waals surface area contributed by atoms with Crippen molar-refractivity contribution in [2.75, 3.05) is 6.61 Å². The summed E-state index contributed by atoms with van der Waals surface area (Å²) in [6, 6.07) is 3.54. The predicted octanol–water partition coefficient (Wildman–Crippen LogP) is 1.97. The van der Waals surface area contributed by atoms with Crippen molar-refractivity contribution in [1.29, 1.82) is 0 Å². The molecule has 0 aliphatic heterocycles. The maximum absolute atomic E-state index is 11.7. The van der Waals surface area contributed by atoms with Crippen molar-refractivity contribution in [1.82, 2.24) is 5.32 Å². The van der Waals surface area contributed by atoms with Gasteiger partial charge in [0.25, 0.3) is 5.91 Å². The quantitative estimate of drug-likeness (QED) is 0.834. The van der Waals surface area contributed by atoms with Gasteiger partial charge in [0, 0.05) is 6.04 Å². The number of nitrogens with one attached hydrogen (secondary N) is 1. The SMILES string of the molecule is Cc1ccc(C)c(OCC(=O)NC(C)CC(=O)O)c1C. The summed E-state index contributed by atoms with van der Waals surface area (Å²) < 4.78 is 5.56. The van der Waals surface area contributed by atoms with Gasteiger partial charge in [0.05, 0.1) is 6.42 Å². The Hall–Kier alpha value is -2.04. The molecule has 1 rings (SSSR count). The summed E-state index contributed by atoms with van der Waals surface area (Å²) in [6.07, 6.45) is -0.103. The number of benzene rings is 1. The minimum Gasteiger partial charge on any atom is -0.483 e. The molecule has 2 N–H and O–H groups in total. The number of carbonyl (C=O) groups is 2. The van der Waals surface area contributed by atoms with Crippen LogP contribution in [-0.2, 0) is 9.59 Å². The van der Waals surface area contributed by atoms with E-state index < -0.39 is 12.0 Å². The van der Waals surface area contributed by atoms with Gasteiger partial charge in [0.15, 0.2) is 6.61 Å². The Kier molecular flexibility index (Phi) is 5.55. The van der Waals surface area contributed by atoms with E-state index in [1.54, 1.807) is 6.92 Å². The van der Waals surface area contributed by atoms with Gasteiger partial charge in [0.2, 0.25) is 0 Å². The summed E-state index contributed by atoms with van der Waals surface area (Å²) in [4.78, 5) is 22.2. The Morgan fingerprint density at radius 2 is 1.85 bits per heavy atom. The Bertz CT molecular complexity index is 511. The van der Waals surface area contributed by atoms with Crippen molar-refractivity contribution in [2.45, 2.75) is 40.2 Å². The summed E-state index contributed by atoms with van der Waals surface area (Å²) in [5, 5.41) is 11.2. The Labute approximate surface area is 118 Å². The van der Waals surface area contributed by atoms with E-state index in [1.165, 1.54) is 0 Å². The number of hydrogen-bond donors (Lipinski definition) is 2. The summed E-state index contributed by atoms with van der Waals surface area (Å²) in [5.41, 5.74) is 3.08. The molecule has 0 aliphatic carbocycles. The van der Waals surface area contributed by atoms with E-state index >= 15 is 0 Å². The summed E-state index contributed by atoms with van der Waals surface area (Å²) >= 11 is 0. The van der Waals surface area contributed by atoms with Crippen LogP contribution in [0.15, 0.2) is 12.1 Å². The van der Waals surface area contributed by atoms with Crippen LogP contribution in [0.3, 0.4) is 0 Å². The molecule has 0 aliphatic rings. The van der Waals surface area contributed by atoms with Crippen molar-refractivity contribution in [3.05, 3.63) is 28.8 Å². The number of carboxylic acid groups (broad SMARTS) is 1. The molecule has 20 heavy (non-hydrogen) atoms. The highest BCUT2D eigenvalue weighted by molar-refractivity contribution is 5.78. The maximum Gasteiger partial charge on any atom is 0.305 e. The minimum atomic E-state index is -0.941. The number of ether oxygens (including phenoxy) is 1. The van der Waals surface area contributed by atoms with Crippen LogP contribution in [0.25, 0.3) is 0 Å². The first-order valence-electron chi connectivity index (χ1n) is 6.52. The molecule has 0 radical (unpaired) electrons. The average molecular weight is 279 g/mol. The van der Waals surface area contributed by atoms with Gasteiger partial charge in [-0.05, 0) is 44.4 Å². The minimum absolute atomic E-state index is 0.103. The normalized spacial score (nSPS) is 11.8. The molecule has 1 unspecified atom stereocenters. The average Bonchev–Trinajstić information content (AvgIpc) is 2.33. The molecule has 0 bridgehead atoms. The smallest absolute Gasteiger partial charge is 0.305 e. The Morgan fingerprint density at radius 1 is 1.25 bits per heavy atom. The largest absolute Gasteiger partial charge is 0.483 e. The van der Waals surface area contributed by atoms with Gasteiger partial charge in [-0.15, -0.1) is 0 Å². The molecule has 0 aromatic heterocycles. The van der Waals surface area contributed by atoms with Gasteiger partial charge in [-0.3, -0.25) is 9.59 Å². The van der Waals surface area contributed by atoms with E-state index in [0.717, 1.165) is 16.7 Å². The van der Waals surface area contributed by atoms with Crippen LogP contribution in [0.2, 0.25) is 0 Å². The third-order valence-corrected chi connectivity index (χ3v) is 3.11. The third kappa shape index (κ3) is 4.57. The van der Waals surface area contributed by atoms with E-state index in [9.17, 15) is 9.59 Å². The molecule has 5 heteroatoms. The molecule has 5 nitrogen and oxygen atoms in total. The molecule has 0 saturated carbocycles. The highest BCUT2D eigenvalue weighted by atomic mass is 16.5. The number of carboxylic acids is 1. The zero-order chi connectivity index (χ0) is 15.3. The second kappa shape index (κ2) is 6.93. The summed E-state index contributed by atoms with van der Waals surface area (Å²) in [7, 11) is 0. The van der Waals surface area contributed by atoms with Crippen molar-refractivity contribution >= 4 is 11.9 Å². The van der Waals surface area contributed by atoms with Crippen LogP contribution >= 0.6 is 0 Å². The van der Waals surface area contributed by atoms with Crippen LogP contribution in [-0.4, -0.2) is 29.6 Å². The predicted molar refractivity (Wildman–Crippen MR) is 76.0 cm³/mol. The van der Waals surface area contributed by atoms with Crippen molar-refractivity contribution in [2.24, 2.45) is 0 Å². The number of rotatable bonds is 6. The number of amides is 1. The second-order valence-electron chi connectivity index (χ2n) is 5.01. The lowest BCUT2D eigenvalue weighted by molar-refractivity contribution is -0.137. The molecular formula is C15H21NO4. The first-order chi connectivity index (χ1) is 9.31. The zero-order valence-electron chi connectivity index (χ0n) is 12.3. The molecule has 1 atom stereocenters. The van der Waals surface area contributed by atoms with Gasteiger partial charge < -0.3 is 15.2 Å². The number of carbonyl (C=O) groups excluding carboxylic acids is 1. The van der Waals surface area contributed by atoms with Gasteiger partial charge >= 0.3 is 5.97 Å². The van der Waals surface area contributed by atoms with Crippen LogP contribution < -0.4 is 10.1 Å². The van der Waals surface area contributed by atoms with Crippen LogP contribution in [0.1, 0.15) is 30.0 Å². The molecule has 1 aromatic carbocycles.